The predicted octanol–water partition coefficient (Wildman–Crippen LogP) is 3.96. The van der Waals surface area contributed by atoms with E-state index in [1.807, 2.05) is 5.38 Å². The van der Waals surface area contributed by atoms with Gasteiger partial charge in [0.2, 0.25) is 5.91 Å². The number of likely N-dealkylation sites (N-methyl/N-ethyl adjacent to an activating group) is 1. The molecular weight excluding hydrogens is 396 g/mol. The molecule has 0 radical (unpaired) electrons. The standard InChI is InChI=1S/C20H24N2O4S2/c1-12(2)26-20(25)17-13-7-4-5-8-14(13)28-18(17)21-16(23)11-22(3)19(24)15-9-6-10-27-15/h6,9-10,12H,4-5,7-8,11H2,1-3H3,(H,21,23). The number of nitrogens with one attached hydrogen (secondary N) is 1. The maximum atomic E-state index is 12.6. The molecule has 0 atom stereocenters. The summed E-state index contributed by atoms with van der Waals surface area (Å²) >= 11 is 2.78. The van der Waals surface area contributed by atoms with Crippen LogP contribution < -0.4 is 5.32 Å². The molecule has 6 nitrogen and oxygen atoms in total. The van der Waals surface area contributed by atoms with Crippen molar-refractivity contribution in [2.45, 2.75) is 45.6 Å². The van der Waals surface area contributed by atoms with Crippen LogP contribution in [-0.4, -0.2) is 42.4 Å². The number of thiophene rings is 2. The van der Waals surface area contributed by atoms with Crippen molar-refractivity contribution in [3.8, 4) is 0 Å². The van der Waals surface area contributed by atoms with E-state index in [2.05, 4.69) is 5.32 Å². The molecule has 0 saturated heterocycles. The summed E-state index contributed by atoms with van der Waals surface area (Å²) in [5, 5.41) is 5.19. The first-order chi connectivity index (χ1) is 13.4. The summed E-state index contributed by atoms with van der Waals surface area (Å²) in [7, 11) is 1.59. The van der Waals surface area contributed by atoms with Crippen LogP contribution in [0.2, 0.25) is 0 Å². The molecule has 1 N–H and O–H groups in total. The van der Waals surface area contributed by atoms with Crippen LogP contribution in [0.1, 0.15) is 57.2 Å². The van der Waals surface area contributed by atoms with Gasteiger partial charge in [-0.1, -0.05) is 6.07 Å². The third-order valence-electron chi connectivity index (χ3n) is 4.43. The molecule has 0 unspecified atom stereocenters. The molecule has 0 aliphatic heterocycles. The number of aryl methyl sites for hydroxylation is 1. The maximum absolute atomic E-state index is 12.6. The van der Waals surface area contributed by atoms with Gasteiger partial charge in [0.25, 0.3) is 5.91 Å². The summed E-state index contributed by atoms with van der Waals surface area (Å²) in [6.07, 6.45) is 3.61. The lowest BCUT2D eigenvalue weighted by Crippen LogP contribution is -2.34. The van der Waals surface area contributed by atoms with E-state index in [4.69, 9.17) is 4.74 Å². The van der Waals surface area contributed by atoms with Crippen molar-refractivity contribution in [3.05, 3.63) is 38.4 Å². The highest BCUT2D eigenvalue weighted by Gasteiger charge is 2.28. The molecule has 2 aromatic rings. The van der Waals surface area contributed by atoms with Gasteiger partial charge in [-0.3, -0.25) is 9.59 Å². The lowest BCUT2D eigenvalue weighted by molar-refractivity contribution is -0.116. The first-order valence-electron chi connectivity index (χ1n) is 9.31. The van der Waals surface area contributed by atoms with E-state index >= 15 is 0 Å². The van der Waals surface area contributed by atoms with E-state index in [-0.39, 0.29) is 24.5 Å². The van der Waals surface area contributed by atoms with E-state index in [1.165, 1.54) is 27.6 Å². The molecular formula is C20H24N2O4S2. The highest BCUT2D eigenvalue weighted by molar-refractivity contribution is 7.17. The second-order valence-electron chi connectivity index (χ2n) is 7.06. The number of fused-ring (bicyclic) bond motifs is 1. The topological polar surface area (TPSA) is 75.7 Å². The zero-order chi connectivity index (χ0) is 20.3. The highest BCUT2D eigenvalue weighted by atomic mass is 32.1. The first-order valence-corrected chi connectivity index (χ1v) is 11.0. The van der Waals surface area contributed by atoms with Gasteiger partial charge in [-0.25, -0.2) is 4.79 Å². The van der Waals surface area contributed by atoms with E-state index in [0.29, 0.717) is 15.4 Å². The number of carbonyl (C=O) groups is 3. The van der Waals surface area contributed by atoms with Crippen LogP contribution in [-0.2, 0) is 22.4 Å². The summed E-state index contributed by atoms with van der Waals surface area (Å²) in [4.78, 5) is 40.6. The summed E-state index contributed by atoms with van der Waals surface area (Å²) in [5.41, 5.74) is 1.48. The minimum Gasteiger partial charge on any atom is -0.459 e. The molecule has 2 amide bonds. The average Bonchev–Trinajstić information content (AvgIpc) is 3.27. The number of hydrogen-bond donors (Lipinski definition) is 1. The summed E-state index contributed by atoms with van der Waals surface area (Å²) in [6, 6.07) is 3.53. The Morgan fingerprint density at radius 3 is 2.68 bits per heavy atom. The average molecular weight is 421 g/mol. The molecule has 1 aliphatic carbocycles. The Morgan fingerprint density at radius 1 is 1.25 bits per heavy atom. The number of carbonyl (C=O) groups excluding carboxylic acids is 3. The molecule has 0 fully saturated rings. The Labute approximate surface area is 172 Å². The molecule has 0 saturated carbocycles. The van der Waals surface area contributed by atoms with Crippen LogP contribution >= 0.6 is 22.7 Å². The van der Waals surface area contributed by atoms with Crippen molar-refractivity contribution in [3.63, 3.8) is 0 Å². The molecule has 150 valence electrons. The number of amides is 2. The number of hydrogen-bond acceptors (Lipinski definition) is 6. The predicted molar refractivity (Wildman–Crippen MR) is 111 cm³/mol. The lowest BCUT2D eigenvalue weighted by Gasteiger charge is -2.16. The van der Waals surface area contributed by atoms with Crippen molar-refractivity contribution < 1.29 is 19.1 Å². The van der Waals surface area contributed by atoms with Crippen molar-refractivity contribution in [1.29, 1.82) is 0 Å². The Hall–Kier alpha value is -2.19. The number of nitrogens with zero attached hydrogens (tertiary/aromatic N) is 1. The van der Waals surface area contributed by atoms with Crippen LogP contribution in [0.15, 0.2) is 17.5 Å². The quantitative estimate of drug-likeness (QED) is 0.718. The van der Waals surface area contributed by atoms with Gasteiger partial charge in [-0.05, 0) is 56.5 Å². The Morgan fingerprint density at radius 2 is 2.00 bits per heavy atom. The van der Waals surface area contributed by atoms with Crippen molar-refractivity contribution in [2.24, 2.45) is 0 Å². The second kappa shape index (κ2) is 8.87. The van der Waals surface area contributed by atoms with Gasteiger partial charge in [-0.15, -0.1) is 22.7 Å². The fraction of sp³-hybridized carbons (Fsp3) is 0.450. The molecule has 0 spiro atoms. The third-order valence-corrected chi connectivity index (χ3v) is 6.50. The smallest absolute Gasteiger partial charge is 0.341 e. The molecule has 3 rings (SSSR count). The van der Waals surface area contributed by atoms with Gasteiger partial charge in [0.05, 0.1) is 23.1 Å². The van der Waals surface area contributed by atoms with Gasteiger partial charge in [0.15, 0.2) is 0 Å². The fourth-order valence-corrected chi connectivity index (χ4v) is 5.20. The number of esters is 1. The largest absolute Gasteiger partial charge is 0.459 e. The molecule has 0 bridgehead atoms. The number of anilines is 1. The van der Waals surface area contributed by atoms with E-state index in [9.17, 15) is 14.4 Å². The Balaban J connectivity index is 1.75. The minimum absolute atomic E-state index is 0.0853. The first kappa shape index (κ1) is 20.5. The number of rotatable bonds is 6. The van der Waals surface area contributed by atoms with E-state index in [0.717, 1.165) is 36.1 Å². The van der Waals surface area contributed by atoms with Crippen LogP contribution in [0.5, 0.6) is 0 Å². The van der Waals surface area contributed by atoms with Gasteiger partial charge in [-0.2, -0.15) is 0 Å². The SMILES string of the molecule is CC(C)OC(=O)c1c(NC(=O)CN(C)C(=O)c2cccs2)sc2c1CCCC2. The number of ether oxygens (including phenoxy) is 1. The lowest BCUT2D eigenvalue weighted by atomic mass is 9.95. The van der Waals surface area contributed by atoms with Gasteiger partial charge >= 0.3 is 5.97 Å². The normalized spacial score (nSPS) is 13.1. The third kappa shape index (κ3) is 4.62. The Kier molecular flexibility index (Phi) is 6.51. The second-order valence-corrected chi connectivity index (χ2v) is 9.11. The highest BCUT2D eigenvalue weighted by Crippen LogP contribution is 2.38. The molecule has 2 aromatic heterocycles. The summed E-state index contributed by atoms with van der Waals surface area (Å²) in [5.74, 6) is -0.924. The van der Waals surface area contributed by atoms with Gasteiger partial charge < -0.3 is 15.0 Å². The Bertz CT molecular complexity index is 871. The molecule has 0 aromatic carbocycles. The monoisotopic (exact) mass is 420 g/mol. The molecule has 1 aliphatic rings. The zero-order valence-corrected chi connectivity index (χ0v) is 17.9. The zero-order valence-electron chi connectivity index (χ0n) is 16.2. The van der Waals surface area contributed by atoms with Crippen molar-refractivity contribution >= 4 is 45.5 Å². The van der Waals surface area contributed by atoms with Crippen LogP contribution in [0.3, 0.4) is 0 Å². The van der Waals surface area contributed by atoms with Crippen molar-refractivity contribution in [2.75, 3.05) is 18.9 Å². The van der Waals surface area contributed by atoms with Crippen molar-refractivity contribution in [1.82, 2.24) is 4.90 Å². The molecule has 8 heteroatoms. The van der Waals surface area contributed by atoms with Gasteiger partial charge in [0, 0.05) is 11.9 Å². The fourth-order valence-electron chi connectivity index (χ4n) is 3.18. The molecule has 28 heavy (non-hydrogen) atoms. The maximum Gasteiger partial charge on any atom is 0.341 e. The van der Waals surface area contributed by atoms with Crippen LogP contribution in [0, 0.1) is 0 Å². The van der Waals surface area contributed by atoms with E-state index in [1.54, 1.807) is 33.0 Å². The summed E-state index contributed by atoms with van der Waals surface area (Å²) < 4.78 is 5.40. The van der Waals surface area contributed by atoms with E-state index < -0.39 is 5.97 Å². The summed E-state index contributed by atoms with van der Waals surface area (Å²) in [6.45, 7) is 3.53. The molecule has 2 heterocycles. The minimum atomic E-state index is -0.396. The van der Waals surface area contributed by atoms with Gasteiger partial charge in [0.1, 0.15) is 5.00 Å². The van der Waals surface area contributed by atoms with Crippen LogP contribution in [0.25, 0.3) is 0 Å². The van der Waals surface area contributed by atoms with Crippen LogP contribution in [0.4, 0.5) is 5.00 Å².